The van der Waals surface area contributed by atoms with E-state index in [2.05, 4.69) is 11.8 Å². The molecule has 2 aliphatic carbocycles. The molecule has 1 unspecified atom stereocenters. The third-order valence-electron chi connectivity index (χ3n) is 5.53. The molecule has 112 valence electrons. The van der Waals surface area contributed by atoms with Crippen molar-refractivity contribution in [3.05, 3.63) is 0 Å². The van der Waals surface area contributed by atoms with Crippen LogP contribution in [0.4, 0.5) is 0 Å². The molecule has 3 rings (SSSR count). The van der Waals surface area contributed by atoms with Gasteiger partial charge in [0.15, 0.2) is 0 Å². The molecule has 3 aliphatic rings. The minimum atomic E-state index is 0.121. The Morgan fingerprint density at radius 3 is 2.25 bits per heavy atom. The molecule has 1 saturated heterocycles. The topological polar surface area (TPSA) is 40.6 Å². The van der Waals surface area contributed by atoms with Gasteiger partial charge in [0.1, 0.15) is 5.78 Å². The van der Waals surface area contributed by atoms with Crippen LogP contribution in [0.5, 0.6) is 0 Å². The molecule has 3 atom stereocenters. The van der Waals surface area contributed by atoms with Crippen molar-refractivity contribution in [1.82, 2.24) is 9.80 Å². The van der Waals surface area contributed by atoms with E-state index in [1.54, 1.807) is 0 Å². The lowest BCUT2D eigenvalue weighted by molar-refractivity contribution is -0.144. The zero-order valence-electron chi connectivity index (χ0n) is 12.5. The fourth-order valence-corrected chi connectivity index (χ4v) is 4.22. The van der Waals surface area contributed by atoms with E-state index in [-0.39, 0.29) is 17.8 Å². The van der Waals surface area contributed by atoms with Crippen LogP contribution in [-0.2, 0) is 9.59 Å². The van der Waals surface area contributed by atoms with Gasteiger partial charge in [-0.3, -0.25) is 9.59 Å². The first-order valence-electron chi connectivity index (χ1n) is 8.24. The Labute approximate surface area is 121 Å². The van der Waals surface area contributed by atoms with Crippen molar-refractivity contribution >= 4 is 11.7 Å². The number of fused-ring (bicyclic) bond motifs is 2. The Kier molecular flexibility index (Phi) is 4.11. The van der Waals surface area contributed by atoms with Crippen LogP contribution in [-0.4, -0.2) is 54.2 Å². The van der Waals surface area contributed by atoms with E-state index in [0.717, 1.165) is 58.4 Å². The largest absolute Gasteiger partial charge is 0.340 e. The molecule has 20 heavy (non-hydrogen) atoms. The molecule has 2 bridgehead atoms. The summed E-state index contributed by atoms with van der Waals surface area (Å²) in [5.41, 5.74) is 0. The average Bonchev–Trinajstić information content (AvgIpc) is 2.46. The van der Waals surface area contributed by atoms with E-state index in [9.17, 15) is 9.59 Å². The summed E-state index contributed by atoms with van der Waals surface area (Å²) in [5.74, 6) is 1.28. The maximum atomic E-state index is 12.7. The third kappa shape index (κ3) is 2.62. The maximum Gasteiger partial charge on any atom is 0.225 e. The van der Waals surface area contributed by atoms with Crippen LogP contribution >= 0.6 is 0 Å². The molecule has 4 nitrogen and oxygen atoms in total. The van der Waals surface area contributed by atoms with Crippen LogP contribution in [0.2, 0.25) is 0 Å². The van der Waals surface area contributed by atoms with Gasteiger partial charge in [-0.2, -0.15) is 0 Å². The summed E-state index contributed by atoms with van der Waals surface area (Å²) < 4.78 is 0. The Morgan fingerprint density at radius 1 is 1.10 bits per heavy atom. The van der Waals surface area contributed by atoms with E-state index in [0.29, 0.717) is 11.7 Å². The minimum absolute atomic E-state index is 0.121. The Bertz CT molecular complexity index is 372. The molecule has 0 aromatic heterocycles. The highest BCUT2D eigenvalue weighted by Gasteiger charge is 2.42. The van der Waals surface area contributed by atoms with E-state index < -0.39 is 0 Å². The number of amides is 1. The predicted octanol–water partition coefficient (Wildman–Crippen LogP) is 1.55. The second kappa shape index (κ2) is 5.84. The number of rotatable bonds is 2. The van der Waals surface area contributed by atoms with Crippen LogP contribution in [0.3, 0.4) is 0 Å². The number of Topliss-reactive ketones (excluding diaryl/α,β-unsaturated/α-hetero) is 1. The van der Waals surface area contributed by atoms with Crippen molar-refractivity contribution in [1.29, 1.82) is 0 Å². The zero-order chi connectivity index (χ0) is 14.1. The molecule has 0 aromatic carbocycles. The fraction of sp³-hybridized carbons (Fsp3) is 0.875. The normalized spacial score (nSPS) is 35.1. The zero-order valence-corrected chi connectivity index (χ0v) is 12.5. The van der Waals surface area contributed by atoms with Crippen molar-refractivity contribution in [2.24, 2.45) is 17.8 Å². The summed E-state index contributed by atoms with van der Waals surface area (Å²) in [7, 11) is 0. The first-order chi connectivity index (χ1) is 9.69. The van der Waals surface area contributed by atoms with Gasteiger partial charge < -0.3 is 9.80 Å². The number of likely N-dealkylation sites (N-methyl/N-ethyl adjacent to an activating group) is 1. The Hall–Kier alpha value is -0.900. The highest BCUT2D eigenvalue weighted by atomic mass is 16.2. The van der Waals surface area contributed by atoms with Gasteiger partial charge in [0.05, 0.1) is 0 Å². The van der Waals surface area contributed by atoms with Gasteiger partial charge in [0.2, 0.25) is 5.91 Å². The highest BCUT2D eigenvalue weighted by molar-refractivity contribution is 5.88. The van der Waals surface area contributed by atoms with E-state index in [1.807, 2.05) is 4.90 Å². The first-order valence-corrected chi connectivity index (χ1v) is 8.24. The number of nitrogens with zero attached hydrogens (tertiary/aromatic N) is 2. The molecule has 1 aliphatic heterocycles. The quantitative estimate of drug-likeness (QED) is 0.769. The lowest BCUT2D eigenvalue weighted by Crippen LogP contribution is -2.51. The SMILES string of the molecule is CCN1CCN(C(=O)C2C[C@H]3CCC[C@@H](C2)C3=O)CC1. The van der Waals surface area contributed by atoms with Crippen molar-refractivity contribution in [2.45, 2.75) is 39.0 Å². The number of carbonyl (C=O) groups is 2. The standard InChI is InChI=1S/C16H26N2O2/c1-2-17-6-8-18(9-7-17)16(20)14-10-12-4-3-5-13(11-14)15(12)19/h12-14H,2-11H2,1H3/t12-,13+,14?. The van der Waals surface area contributed by atoms with Gasteiger partial charge in [-0.15, -0.1) is 0 Å². The molecule has 3 fully saturated rings. The molecule has 0 radical (unpaired) electrons. The number of hydrogen-bond donors (Lipinski definition) is 0. The number of ketones is 1. The fourth-order valence-electron chi connectivity index (χ4n) is 4.22. The van der Waals surface area contributed by atoms with Gasteiger partial charge in [0, 0.05) is 43.9 Å². The lowest BCUT2D eigenvalue weighted by atomic mass is 9.67. The Morgan fingerprint density at radius 2 is 1.70 bits per heavy atom. The summed E-state index contributed by atoms with van der Waals surface area (Å²) in [6, 6.07) is 0. The number of hydrogen-bond acceptors (Lipinski definition) is 3. The summed E-state index contributed by atoms with van der Waals surface area (Å²) >= 11 is 0. The molecule has 0 spiro atoms. The average molecular weight is 278 g/mol. The minimum Gasteiger partial charge on any atom is -0.340 e. The number of carbonyl (C=O) groups excluding carboxylic acids is 2. The van der Waals surface area contributed by atoms with Crippen LogP contribution in [0.15, 0.2) is 0 Å². The maximum absolute atomic E-state index is 12.7. The second-order valence-corrected chi connectivity index (χ2v) is 6.65. The van der Waals surface area contributed by atoms with Gasteiger partial charge in [-0.05, 0) is 32.2 Å². The van der Waals surface area contributed by atoms with Gasteiger partial charge in [0.25, 0.3) is 0 Å². The summed E-state index contributed by atoms with van der Waals surface area (Å²) in [6.45, 7) is 6.98. The second-order valence-electron chi connectivity index (χ2n) is 6.65. The van der Waals surface area contributed by atoms with Gasteiger partial charge in [-0.1, -0.05) is 13.3 Å². The molecule has 4 heteroatoms. The number of piperazine rings is 1. The highest BCUT2D eigenvalue weighted by Crippen LogP contribution is 2.40. The predicted molar refractivity (Wildman–Crippen MR) is 77.3 cm³/mol. The van der Waals surface area contributed by atoms with Gasteiger partial charge in [-0.25, -0.2) is 0 Å². The molecule has 0 N–H and O–H groups in total. The summed E-state index contributed by atoms with van der Waals surface area (Å²) in [5, 5.41) is 0. The van der Waals surface area contributed by atoms with Crippen LogP contribution in [0.25, 0.3) is 0 Å². The summed E-state index contributed by atoms with van der Waals surface area (Å²) in [4.78, 5) is 29.2. The van der Waals surface area contributed by atoms with Crippen molar-refractivity contribution in [2.75, 3.05) is 32.7 Å². The van der Waals surface area contributed by atoms with Crippen LogP contribution in [0, 0.1) is 17.8 Å². The van der Waals surface area contributed by atoms with E-state index in [1.165, 1.54) is 6.42 Å². The lowest BCUT2D eigenvalue weighted by Gasteiger charge is -2.41. The molecular weight excluding hydrogens is 252 g/mol. The molecule has 2 saturated carbocycles. The molecule has 0 aromatic rings. The van der Waals surface area contributed by atoms with Crippen molar-refractivity contribution in [3.63, 3.8) is 0 Å². The van der Waals surface area contributed by atoms with Gasteiger partial charge >= 0.3 is 0 Å². The third-order valence-corrected chi connectivity index (χ3v) is 5.53. The summed E-state index contributed by atoms with van der Waals surface area (Å²) in [6.07, 6.45) is 4.85. The van der Waals surface area contributed by atoms with Crippen molar-refractivity contribution in [3.8, 4) is 0 Å². The first kappa shape index (κ1) is 14.1. The smallest absolute Gasteiger partial charge is 0.225 e. The molecule has 1 amide bonds. The van der Waals surface area contributed by atoms with Crippen LogP contribution < -0.4 is 0 Å². The Balaban J connectivity index is 1.59. The van der Waals surface area contributed by atoms with E-state index >= 15 is 0 Å². The molecule has 1 heterocycles. The van der Waals surface area contributed by atoms with E-state index in [4.69, 9.17) is 0 Å². The monoisotopic (exact) mass is 278 g/mol. The van der Waals surface area contributed by atoms with Crippen LogP contribution in [0.1, 0.15) is 39.0 Å². The van der Waals surface area contributed by atoms with Crippen molar-refractivity contribution < 1.29 is 9.59 Å². The molecular formula is C16H26N2O2.